The Balaban J connectivity index is 1.52. The summed E-state index contributed by atoms with van der Waals surface area (Å²) >= 11 is 5.27. The molecule has 1 saturated heterocycles. The molecule has 1 aliphatic heterocycles. The molecule has 1 amide bonds. The van der Waals surface area contributed by atoms with Crippen molar-refractivity contribution in [3.63, 3.8) is 0 Å². The maximum Gasteiger partial charge on any atom is 0.251 e. The Kier molecular flexibility index (Phi) is 5.15. The largest absolute Gasteiger partial charge is 0.384 e. The van der Waals surface area contributed by atoms with Crippen LogP contribution in [0, 0.1) is 0 Å². The number of aliphatic hydroxyl groups excluding tert-OH is 1. The predicted octanol–water partition coefficient (Wildman–Crippen LogP) is 3.44. The minimum Gasteiger partial charge on any atom is -0.384 e. The number of nitrogens with two attached hydrogens (primary N) is 1. The van der Waals surface area contributed by atoms with Gasteiger partial charge in [-0.15, -0.1) is 11.3 Å². The number of hydrogen-bond acceptors (Lipinski definition) is 7. The molecule has 1 fully saturated rings. The number of thiophene rings is 1. The lowest BCUT2D eigenvalue weighted by Crippen LogP contribution is -2.42. The first-order valence-corrected chi connectivity index (χ1v) is 11.7. The molecule has 10 heteroatoms. The molecule has 4 aromatic heterocycles. The third-order valence-electron chi connectivity index (χ3n) is 5.81. The van der Waals surface area contributed by atoms with E-state index >= 15 is 0 Å². The fourth-order valence-corrected chi connectivity index (χ4v) is 5.48. The van der Waals surface area contributed by atoms with Gasteiger partial charge in [0.1, 0.15) is 11.9 Å². The molecule has 4 aromatic rings. The number of carbonyl (C=O) groups excluding carboxylic acids is 1. The summed E-state index contributed by atoms with van der Waals surface area (Å²) in [6.45, 7) is 2.67. The number of aliphatic hydroxyl groups is 1. The van der Waals surface area contributed by atoms with Crippen molar-refractivity contribution < 1.29 is 9.90 Å². The van der Waals surface area contributed by atoms with Crippen molar-refractivity contribution in [3.05, 3.63) is 40.1 Å². The molecule has 0 unspecified atom stereocenters. The molecule has 0 bridgehead atoms. The molecule has 0 aromatic carbocycles. The lowest BCUT2D eigenvalue weighted by Gasteiger charge is -2.33. The molecule has 3 N–H and O–H groups in total. The van der Waals surface area contributed by atoms with Gasteiger partial charge in [-0.3, -0.25) is 9.78 Å². The molecule has 0 radical (unpaired) electrons. The van der Waals surface area contributed by atoms with E-state index in [2.05, 4.69) is 32.1 Å². The predicted molar refractivity (Wildman–Crippen MR) is 124 cm³/mol. The minimum absolute atomic E-state index is 0.153. The number of fused-ring (bicyclic) bond motifs is 2. The van der Waals surface area contributed by atoms with Crippen LogP contribution in [-0.2, 0) is 4.79 Å². The van der Waals surface area contributed by atoms with Gasteiger partial charge in [-0.05, 0) is 53.2 Å². The van der Waals surface area contributed by atoms with Gasteiger partial charge in [0.25, 0.3) is 5.91 Å². The quantitative estimate of drug-likeness (QED) is 0.445. The summed E-state index contributed by atoms with van der Waals surface area (Å²) in [6.07, 6.45) is 4.15. The summed E-state index contributed by atoms with van der Waals surface area (Å²) in [6, 6.07) is 4.10. The topological polar surface area (TPSA) is 110 Å². The van der Waals surface area contributed by atoms with Crippen LogP contribution < -0.4 is 5.73 Å². The van der Waals surface area contributed by atoms with Crippen molar-refractivity contribution in [2.24, 2.45) is 0 Å². The number of likely N-dealkylation sites (tertiary alicyclic amines) is 1. The monoisotopic (exact) mass is 500 g/mol. The lowest BCUT2D eigenvalue weighted by atomic mass is 9.93. The van der Waals surface area contributed by atoms with Crippen LogP contribution in [0.3, 0.4) is 0 Å². The second kappa shape index (κ2) is 7.85. The molecule has 160 valence electrons. The van der Waals surface area contributed by atoms with Crippen molar-refractivity contribution >= 4 is 54.9 Å². The van der Waals surface area contributed by atoms with Crippen LogP contribution in [0.1, 0.15) is 31.4 Å². The van der Waals surface area contributed by atoms with E-state index in [4.69, 9.17) is 10.7 Å². The van der Waals surface area contributed by atoms with Gasteiger partial charge in [-0.1, -0.05) is 0 Å². The van der Waals surface area contributed by atoms with Gasteiger partial charge in [-0.2, -0.15) is 9.61 Å². The molecular weight excluding hydrogens is 480 g/mol. The summed E-state index contributed by atoms with van der Waals surface area (Å²) in [4.78, 5) is 23.3. The highest BCUT2D eigenvalue weighted by Crippen LogP contribution is 2.37. The maximum absolute atomic E-state index is 12.1. The number of anilines is 1. The van der Waals surface area contributed by atoms with Crippen molar-refractivity contribution in [2.45, 2.75) is 31.8 Å². The highest BCUT2D eigenvalue weighted by atomic mass is 79.9. The number of piperidine rings is 1. The molecule has 1 atom stereocenters. The van der Waals surface area contributed by atoms with Crippen molar-refractivity contribution in [1.29, 1.82) is 0 Å². The van der Waals surface area contributed by atoms with Crippen LogP contribution >= 0.6 is 27.3 Å². The maximum atomic E-state index is 12.1. The molecule has 0 aliphatic carbocycles. The molecule has 8 nitrogen and oxygen atoms in total. The van der Waals surface area contributed by atoms with Crippen molar-refractivity contribution in [1.82, 2.24) is 24.5 Å². The van der Waals surface area contributed by atoms with Gasteiger partial charge in [0.2, 0.25) is 0 Å². The van der Waals surface area contributed by atoms with Crippen LogP contribution in [-0.4, -0.2) is 54.7 Å². The minimum atomic E-state index is -0.975. The first-order chi connectivity index (χ1) is 14.9. The third-order valence-corrected chi connectivity index (χ3v) is 7.48. The van der Waals surface area contributed by atoms with Gasteiger partial charge >= 0.3 is 0 Å². The molecule has 0 spiro atoms. The van der Waals surface area contributed by atoms with Gasteiger partial charge in [0.15, 0.2) is 5.65 Å². The second-order valence-corrected chi connectivity index (χ2v) is 9.53. The standard InChI is InChI=1S/C21H21BrN6O2S/c1-11(29)21(30)27-5-2-12(3-6-27)18-17(22)19(23)28-20(26-18)14(10-25-28)13-8-16-15(24-9-13)4-7-31-16/h4,7-12,29H,2-3,5-6,23H2,1H3/t11-/m1/s1. The highest BCUT2D eigenvalue weighted by molar-refractivity contribution is 9.10. The Morgan fingerprint density at radius 3 is 2.87 bits per heavy atom. The van der Waals surface area contributed by atoms with Crippen LogP contribution in [0.25, 0.3) is 27.0 Å². The highest BCUT2D eigenvalue weighted by Gasteiger charge is 2.29. The number of nitrogens with zero attached hydrogens (tertiary/aromatic N) is 5. The zero-order chi connectivity index (χ0) is 21.7. The SMILES string of the molecule is C[C@@H](O)C(=O)N1CCC(c2nc3c(-c4cnc5ccsc5c4)cnn3c(N)c2Br)CC1. The Morgan fingerprint density at radius 2 is 2.13 bits per heavy atom. The molecular formula is C21H21BrN6O2S. The summed E-state index contributed by atoms with van der Waals surface area (Å²) in [5, 5.41) is 16.1. The Morgan fingerprint density at radius 1 is 1.35 bits per heavy atom. The summed E-state index contributed by atoms with van der Waals surface area (Å²) < 4.78 is 3.49. The molecule has 31 heavy (non-hydrogen) atoms. The number of hydrogen-bond donors (Lipinski definition) is 2. The van der Waals surface area contributed by atoms with E-state index in [1.807, 2.05) is 17.6 Å². The number of halogens is 1. The van der Waals surface area contributed by atoms with Crippen molar-refractivity contribution in [3.8, 4) is 11.1 Å². The number of aromatic nitrogens is 4. The number of rotatable bonds is 3. The van der Waals surface area contributed by atoms with E-state index in [0.717, 1.165) is 44.4 Å². The number of amides is 1. The van der Waals surface area contributed by atoms with Crippen molar-refractivity contribution in [2.75, 3.05) is 18.8 Å². The molecule has 5 heterocycles. The summed E-state index contributed by atoms with van der Waals surface area (Å²) in [5.41, 5.74) is 10.8. The van der Waals surface area contributed by atoms with E-state index in [9.17, 15) is 9.90 Å². The average Bonchev–Trinajstić information content (AvgIpc) is 3.42. The Hall–Kier alpha value is -2.56. The molecule has 0 saturated carbocycles. The van der Waals surface area contributed by atoms with E-state index in [1.165, 1.54) is 6.92 Å². The average molecular weight is 501 g/mol. The third kappa shape index (κ3) is 3.48. The number of pyridine rings is 1. The fraction of sp³-hybridized carbons (Fsp3) is 0.333. The van der Waals surface area contributed by atoms with Crippen LogP contribution in [0.2, 0.25) is 0 Å². The van der Waals surface area contributed by atoms with E-state index in [0.29, 0.717) is 24.6 Å². The van der Waals surface area contributed by atoms with E-state index in [-0.39, 0.29) is 11.8 Å². The van der Waals surface area contributed by atoms with Gasteiger partial charge in [0, 0.05) is 36.3 Å². The normalized spacial score (nSPS) is 16.3. The summed E-state index contributed by atoms with van der Waals surface area (Å²) in [5.74, 6) is 0.425. The fourth-order valence-electron chi connectivity index (χ4n) is 4.12. The van der Waals surface area contributed by atoms with Crippen LogP contribution in [0.4, 0.5) is 5.82 Å². The number of nitrogen functional groups attached to an aromatic ring is 1. The van der Waals surface area contributed by atoms with Gasteiger partial charge in [0.05, 0.1) is 26.6 Å². The van der Waals surface area contributed by atoms with Crippen LogP contribution in [0.15, 0.2) is 34.4 Å². The molecule has 5 rings (SSSR count). The lowest BCUT2D eigenvalue weighted by molar-refractivity contribution is -0.140. The van der Waals surface area contributed by atoms with Crippen LogP contribution in [0.5, 0.6) is 0 Å². The Bertz CT molecular complexity index is 1290. The zero-order valence-corrected chi connectivity index (χ0v) is 19.2. The summed E-state index contributed by atoms with van der Waals surface area (Å²) in [7, 11) is 0. The number of carbonyl (C=O) groups is 1. The first-order valence-electron chi connectivity index (χ1n) is 10.1. The first kappa shape index (κ1) is 20.3. The smallest absolute Gasteiger partial charge is 0.251 e. The zero-order valence-electron chi connectivity index (χ0n) is 16.8. The van der Waals surface area contributed by atoms with E-state index in [1.54, 1.807) is 26.9 Å². The van der Waals surface area contributed by atoms with E-state index < -0.39 is 6.10 Å². The second-order valence-electron chi connectivity index (χ2n) is 7.79. The van der Waals surface area contributed by atoms with Gasteiger partial charge < -0.3 is 15.7 Å². The Labute approximate surface area is 190 Å². The molecule has 1 aliphatic rings. The van der Waals surface area contributed by atoms with Gasteiger partial charge in [-0.25, -0.2) is 4.98 Å².